The number of rotatable bonds is 7. The van der Waals surface area contributed by atoms with Crippen molar-refractivity contribution in [2.45, 2.75) is 64.1 Å². The van der Waals surface area contributed by atoms with Crippen LogP contribution in [0.3, 0.4) is 0 Å². The van der Waals surface area contributed by atoms with Gasteiger partial charge in [0, 0.05) is 0 Å². The van der Waals surface area contributed by atoms with Gasteiger partial charge >= 0.3 is 199 Å². The first-order valence-corrected chi connectivity index (χ1v) is 15.6. The first-order chi connectivity index (χ1) is 15.1. The van der Waals surface area contributed by atoms with E-state index in [9.17, 15) is 9.59 Å². The fourth-order valence-corrected chi connectivity index (χ4v) is 6.59. The Bertz CT molecular complexity index is 915. The van der Waals surface area contributed by atoms with E-state index in [2.05, 4.69) is 33.9 Å². The third-order valence-electron chi connectivity index (χ3n) is 6.20. The fourth-order valence-electron chi connectivity index (χ4n) is 3.38. The Kier molecular flexibility index (Phi) is 7.99. The molecule has 1 heterocycles. The van der Waals surface area contributed by atoms with Crippen LogP contribution in [0.5, 0.6) is 0 Å². The van der Waals surface area contributed by atoms with Gasteiger partial charge in [-0.2, -0.15) is 0 Å². The normalized spacial score (nSPS) is 19.1. The van der Waals surface area contributed by atoms with Crippen LogP contribution in [0.25, 0.3) is 0 Å². The predicted octanol–water partition coefficient (Wildman–Crippen LogP) is 4.34. The molecular formula is C25H33NO4SeSi. The van der Waals surface area contributed by atoms with E-state index in [-0.39, 0.29) is 37.4 Å². The van der Waals surface area contributed by atoms with Crippen molar-refractivity contribution >= 4 is 38.5 Å². The Morgan fingerprint density at radius 3 is 2.22 bits per heavy atom. The van der Waals surface area contributed by atoms with Crippen molar-refractivity contribution in [3.8, 4) is 0 Å². The van der Waals surface area contributed by atoms with E-state index in [4.69, 9.17) is 9.16 Å². The quantitative estimate of drug-likeness (QED) is 0.512. The maximum absolute atomic E-state index is 13.2. The molecule has 0 saturated carbocycles. The summed E-state index contributed by atoms with van der Waals surface area (Å²) in [6.07, 6.45) is -0.0709. The van der Waals surface area contributed by atoms with E-state index in [0.717, 1.165) is 10.0 Å². The molecule has 2 atom stereocenters. The number of nitrogens with zero attached hydrogens (tertiary/aromatic N) is 1. The molecule has 0 N–H and O–H groups in total. The standard InChI is InChI=1S/C25H33NO4SeSi/c1-25(2,3)32(4,5)30-20-16-22(23(27)31-21-14-10-7-11-15-21)26(17-20)24(28)29-18-19-12-8-6-9-13-19/h6-15,20,22H,16-18H2,1-5H3. The zero-order valence-corrected chi connectivity index (χ0v) is 22.3. The number of benzene rings is 2. The van der Waals surface area contributed by atoms with E-state index in [0.29, 0.717) is 13.0 Å². The van der Waals surface area contributed by atoms with Gasteiger partial charge < -0.3 is 0 Å². The summed E-state index contributed by atoms with van der Waals surface area (Å²) in [6.45, 7) is 11.6. The van der Waals surface area contributed by atoms with Crippen molar-refractivity contribution in [3.63, 3.8) is 0 Å². The van der Waals surface area contributed by atoms with Gasteiger partial charge in [-0.15, -0.1) is 0 Å². The second kappa shape index (κ2) is 10.3. The third kappa shape index (κ3) is 6.32. The van der Waals surface area contributed by atoms with Crippen molar-refractivity contribution in [2.75, 3.05) is 6.54 Å². The molecule has 1 aliphatic rings. The molecule has 172 valence electrons. The first-order valence-electron chi connectivity index (χ1n) is 11.0. The minimum absolute atomic E-state index is 0.0573. The van der Waals surface area contributed by atoms with Gasteiger partial charge in [0.2, 0.25) is 0 Å². The number of carbonyl (C=O) groups is 2. The summed E-state index contributed by atoms with van der Waals surface area (Å²) in [5.74, 6) is 0. The molecule has 0 aromatic heterocycles. The molecule has 0 bridgehead atoms. The summed E-state index contributed by atoms with van der Waals surface area (Å²) in [7, 11) is -2.03. The van der Waals surface area contributed by atoms with Crippen LogP contribution in [-0.2, 0) is 20.6 Å². The Balaban J connectivity index is 1.73. The molecule has 32 heavy (non-hydrogen) atoms. The molecule has 0 aliphatic carbocycles. The van der Waals surface area contributed by atoms with Gasteiger partial charge in [-0.1, -0.05) is 0 Å². The number of likely N-dealkylation sites (tertiary alicyclic amines) is 1. The summed E-state index contributed by atoms with van der Waals surface area (Å²) < 4.78 is 13.3. The van der Waals surface area contributed by atoms with E-state index >= 15 is 0 Å². The van der Waals surface area contributed by atoms with Crippen LogP contribution < -0.4 is 4.46 Å². The average Bonchev–Trinajstić information content (AvgIpc) is 3.16. The summed E-state index contributed by atoms with van der Waals surface area (Å²) >= 11 is -0.365. The van der Waals surface area contributed by atoms with Crippen LogP contribution in [0.1, 0.15) is 32.8 Å². The number of hydrogen-bond donors (Lipinski definition) is 0. The fraction of sp³-hybridized carbons (Fsp3) is 0.440. The third-order valence-corrected chi connectivity index (χ3v) is 12.8. The second-order valence-electron chi connectivity index (χ2n) is 9.68. The molecule has 2 aromatic carbocycles. The molecule has 3 rings (SSSR count). The Hall–Kier alpha value is -1.92. The summed E-state index contributed by atoms with van der Waals surface area (Å²) in [5, 5.41) is 0.0573. The van der Waals surface area contributed by atoms with E-state index in [1.165, 1.54) is 0 Å². The van der Waals surface area contributed by atoms with Crippen molar-refractivity contribution in [1.29, 1.82) is 0 Å². The number of carbonyl (C=O) groups excluding carboxylic acids is 2. The van der Waals surface area contributed by atoms with Gasteiger partial charge in [0.25, 0.3) is 0 Å². The molecule has 0 radical (unpaired) electrons. The molecule has 2 aromatic rings. The van der Waals surface area contributed by atoms with Gasteiger partial charge in [-0.25, -0.2) is 0 Å². The minimum atomic E-state index is -2.03. The summed E-state index contributed by atoms with van der Waals surface area (Å²) in [4.78, 5) is 27.8. The van der Waals surface area contributed by atoms with E-state index < -0.39 is 20.5 Å². The van der Waals surface area contributed by atoms with Crippen LogP contribution in [0, 0.1) is 0 Å². The van der Waals surface area contributed by atoms with Crippen molar-refractivity contribution in [1.82, 2.24) is 4.90 Å². The molecule has 0 spiro atoms. The molecular weight excluding hydrogens is 485 g/mol. The Morgan fingerprint density at radius 1 is 1.03 bits per heavy atom. The average molecular weight is 519 g/mol. The number of ether oxygens (including phenoxy) is 1. The molecule has 1 amide bonds. The zero-order chi connectivity index (χ0) is 23.4. The van der Waals surface area contributed by atoms with E-state index in [1.807, 2.05) is 60.7 Å². The van der Waals surface area contributed by atoms with Crippen LogP contribution in [0.4, 0.5) is 4.79 Å². The molecule has 1 aliphatic heterocycles. The van der Waals surface area contributed by atoms with Crippen molar-refractivity contribution < 1.29 is 18.8 Å². The van der Waals surface area contributed by atoms with Gasteiger partial charge in [0.15, 0.2) is 0 Å². The molecule has 2 unspecified atom stereocenters. The predicted molar refractivity (Wildman–Crippen MR) is 131 cm³/mol. The van der Waals surface area contributed by atoms with E-state index in [1.54, 1.807) is 4.90 Å². The topological polar surface area (TPSA) is 55.8 Å². The van der Waals surface area contributed by atoms with Crippen LogP contribution >= 0.6 is 0 Å². The number of amides is 1. The monoisotopic (exact) mass is 519 g/mol. The summed E-state index contributed by atoms with van der Waals surface area (Å²) in [5.41, 5.74) is 0.922. The van der Waals surface area contributed by atoms with Gasteiger partial charge in [-0.3, -0.25) is 0 Å². The van der Waals surface area contributed by atoms with Gasteiger partial charge in [0.05, 0.1) is 0 Å². The van der Waals surface area contributed by atoms with Crippen LogP contribution in [0.15, 0.2) is 60.7 Å². The molecule has 1 saturated heterocycles. The maximum atomic E-state index is 13.2. The van der Waals surface area contributed by atoms with Crippen LogP contribution in [-0.4, -0.2) is 57.6 Å². The summed E-state index contributed by atoms with van der Waals surface area (Å²) in [6, 6.07) is 18.8. The SMILES string of the molecule is CC(C)(C)[Si](C)(C)OC1CC(C(=O)[Se]c2ccccc2)N(C(=O)OCc2ccccc2)C1. The zero-order valence-electron chi connectivity index (χ0n) is 19.5. The first kappa shape index (κ1) is 24.7. The van der Waals surface area contributed by atoms with Crippen molar-refractivity contribution in [3.05, 3.63) is 66.2 Å². The van der Waals surface area contributed by atoms with Gasteiger partial charge in [-0.05, 0) is 0 Å². The molecule has 1 fully saturated rings. The second-order valence-corrected chi connectivity index (χ2v) is 16.7. The molecule has 7 heteroatoms. The Labute approximate surface area is 198 Å². The van der Waals surface area contributed by atoms with Crippen LogP contribution in [0.2, 0.25) is 18.1 Å². The Morgan fingerprint density at radius 2 is 1.62 bits per heavy atom. The van der Waals surface area contributed by atoms with Crippen molar-refractivity contribution in [2.24, 2.45) is 0 Å². The molecule has 5 nitrogen and oxygen atoms in total. The number of hydrogen-bond acceptors (Lipinski definition) is 4. The van der Waals surface area contributed by atoms with Gasteiger partial charge in [0.1, 0.15) is 0 Å².